The summed E-state index contributed by atoms with van der Waals surface area (Å²) in [7, 11) is 1.47. The van der Waals surface area contributed by atoms with Crippen LogP contribution in [-0.2, 0) is 4.74 Å². The number of alkyl halides is 3. The molecule has 0 bridgehead atoms. The third-order valence-corrected chi connectivity index (χ3v) is 6.61. The number of fused-ring (bicyclic) bond motifs is 6. The fourth-order valence-electron chi connectivity index (χ4n) is 4.71. The smallest absolute Gasteiger partial charge is 0.404 e. The zero-order valence-electron chi connectivity index (χ0n) is 20.5. The van der Waals surface area contributed by atoms with Crippen LogP contribution in [0.5, 0.6) is 5.75 Å². The first kappa shape index (κ1) is 24.9. The van der Waals surface area contributed by atoms with Gasteiger partial charge in [0.1, 0.15) is 11.4 Å². The van der Waals surface area contributed by atoms with Crippen LogP contribution in [0, 0.1) is 11.8 Å². The van der Waals surface area contributed by atoms with Crippen LogP contribution < -0.4 is 15.2 Å². The molecule has 1 atom stereocenters. The number of ketones is 1. The van der Waals surface area contributed by atoms with E-state index in [1.54, 1.807) is 24.6 Å². The first-order valence-electron chi connectivity index (χ1n) is 11.2. The average molecular weight is 489 g/mol. The van der Waals surface area contributed by atoms with Crippen LogP contribution in [0.1, 0.15) is 75.0 Å². The maximum atomic E-state index is 13.3. The lowest BCUT2D eigenvalue weighted by Crippen LogP contribution is -2.50. The van der Waals surface area contributed by atoms with Gasteiger partial charge in [-0.15, -0.1) is 13.2 Å². The number of hydrogen-bond donors (Lipinski definition) is 0. The van der Waals surface area contributed by atoms with Crippen molar-refractivity contribution in [2.24, 2.45) is 0 Å². The van der Waals surface area contributed by atoms with Crippen molar-refractivity contribution < 1.29 is 27.4 Å². The third-order valence-electron chi connectivity index (χ3n) is 6.61. The Morgan fingerprint density at radius 2 is 1.89 bits per heavy atom. The van der Waals surface area contributed by atoms with Crippen LogP contribution in [0.15, 0.2) is 29.2 Å². The summed E-state index contributed by atoms with van der Waals surface area (Å²) in [6, 6.07) is 4.01. The van der Waals surface area contributed by atoms with Gasteiger partial charge in [0.25, 0.3) is 0 Å². The molecule has 186 valence electrons. The lowest BCUT2D eigenvalue weighted by molar-refractivity contribution is -0.274. The highest BCUT2D eigenvalue weighted by Gasteiger charge is 2.45. The highest BCUT2D eigenvalue weighted by atomic mass is 19.4. The number of hydrogen-bond acceptors (Lipinski definition) is 5. The summed E-state index contributed by atoms with van der Waals surface area (Å²) in [6.45, 7) is 8.83. The zero-order valence-corrected chi connectivity index (χ0v) is 20.5. The summed E-state index contributed by atoms with van der Waals surface area (Å²) in [4.78, 5) is 24.8. The van der Waals surface area contributed by atoms with Crippen molar-refractivity contribution in [3.05, 3.63) is 51.3 Å². The second-order valence-corrected chi connectivity index (χ2v) is 10.00. The second kappa shape index (κ2) is 8.16. The number of aromatic nitrogens is 1. The van der Waals surface area contributed by atoms with E-state index in [0.717, 1.165) is 18.4 Å². The van der Waals surface area contributed by atoms with E-state index >= 15 is 0 Å². The minimum absolute atomic E-state index is 0.0229. The van der Waals surface area contributed by atoms with E-state index in [4.69, 9.17) is 4.74 Å². The molecule has 9 heteroatoms. The molecule has 0 saturated carbocycles. The topological polar surface area (TPSA) is 60.8 Å². The van der Waals surface area contributed by atoms with E-state index in [1.807, 2.05) is 0 Å². The minimum atomic E-state index is -4.93. The van der Waals surface area contributed by atoms with Crippen LogP contribution >= 0.6 is 0 Å². The van der Waals surface area contributed by atoms with Gasteiger partial charge < -0.3 is 9.47 Å². The summed E-state index contributed by atoms with van der Waals surface area (Å²) < 4.78 is 51.3. The van der Waals surface area contributed by atoms with Crippen molar-refractivity contribution in [2.75, 3.05) is 12.1 Å². The summed E-state index contributed by atoms with van der Waals surface area (Å²) >= 11 is 0. The van der Waals surface area contributed by atoms with Crippen molar-refractivity contribution in [3.8, 4) is 28.8 Å². The van der Waals surface area contributed by atoms with Gasteiger partial charge in [0, 0.05) is 24.9 Å². The number of Topliss-reactive ketones (excluding diaryl/α,β-unsaturated/α-hetero) is 1. The molecule has 2 aliphatic heterocycles. The summed E-state index contributed by atoms with van der Waals surface area (Å²) in [5, 5.41) is 2.08. The molecule has 6 nitrogen and oxygen atoms in total. The predicted octanol–water partition coefficient (Wildman–Crippen LogP) is 4.96. The zero-order chi connectivity index (χ0) is 25.9. The highest BCUT2D eigenvalue weighted by Crippen LogP contribution is 2.49. The lowest BCUT2D eigenvalue weighted by atomic mass is 9.91. The number of benzene rings is 1. The molecule has 1 aromatic carbocycles. The summed E-state index contributed by atoms with van der Waals surface area (Å²) in [6.07, 6.45) is -1.91. The number of halogens is 3. The summed E-state index contributed by atoms with van der Waals surface area (Å²) in [5.41, 5.74) is -0.0199. The molecule has 4 rings (SSSR count). The van der Waals surface area contributed by atoms with Crippen molar-refractivity contribution in [1.82, 2.24) is 4.68 Å². The quantitative estimate of drug-likeness (QED) is 0.452. The molecule has 2 aromatic rings. The maximum absolute atomic E-state index is 13.3. The Morgan fingerprint density at radius 1 is 1.20 bits per heavy atom. The fraction of sp³-hybridized carbons (Fsp3) is 0.462. The van der Waals surface area contributed by atoms with Gasteiger partial charge in [-0.25, -0.2) is 0 Å². The van der Waals surface area contributed by atoms with Gasteiger partial charge in [-0.2, -0.15) is 0 Å². The molecule has 1 saturated heterocycles. The number of carbonyl (C=O) groups excluding carboxylic acids is 1. The molecule has 0 N–H and O–H groups in total. The van der Waals surface area contributed by atoms with Gasteiger partial charge in [-0.1, -0.05) is 11.8 Å². The largest absolute Gasteiger partial charge is 0.573 e. The molecule has 0 amide bonds. The van der Waals surface area contributed by atoms with Crippen molar-refractivity contribution in [1.29, 1.82) is 0 Å². The normalized spacial score (nSPS) is 18.2. The van der Waals surface area contributed by atoms with Crippen LogP contribution in [0.2, 0.25) is 0 Å². The molecule has 0 unspecified atom stereocenters. The van der Waals surface area contributed by atoms with E-state index in [-0.39, 0.29) is 28.5 Å². The number of carbonyl (C=O) groups is 1. The van der Waals surface area contributed by atoms with Crippen LogP contribution in [0.25, 0.3) is 11.3 Å². The fourth-order valence-corrected chi connectivity index (χ4v) is 4.71. The van der Waals surface area contributed by atoms with E-state index < -0.39 is 23.1 Å². The Morgan fingerprint density at radius 3 is 2.49 bits per heavy atom. The molecule has 2 aliphatic rings. The molecule has 1 fully saturated rings. The van der Waals surface area contributed by atoms with E-state index in [9.17, 15) is 22.8 Å². The highest BCUT2D eigenvalue weighted by molar-refractivity contribution is 5.94. The van der Waals surface area contributed by atoms with Gasteiger partial charge in [0.2, 0.25) is 0 Å². The third kappa shape index (κ3) is 4.55. The first-order chi connectivity index (χ1) is 16.1. The molecular weight excluding hydrogens is 461 g/mol. The number of methoxy groups -OCH3 is 1. The summed E-state index contributed by atoms with van der Waals surface area (Å²) in [5.74, 6) is 4.82. The molecule has 1 aromatic heterocycles. The predicted molar refractivity (Wildman–Crippen MR) is 125 cm³/mol. The SMILES string of the molecule is COC(C)(C)C#Cc1cc2c(cc1OC(F)(F)F)-c1cc(=O)c(C(C)=O)cn1N1[C@@H]2CCC1(C)C. The Kier molecular flexibility index (Phi) is 5.80. The van der Waals surface area contributed by atoms with Crippen molar-refractivity contribution in [3.63, 3.8) is 0 Å². The molecule has 3 heterocycles. The van der Waals surface area contributed by atoms with Gasteiger partial charge in [-0.05, 0) is 65.2 Å². The molecule has 0 aliphatic carbocycles. The van der Waals surface area contributed by atoms with E-state index in [0.29, 0.717) is 11.3 Å². The molecular formula is C26H27F3N2O4. The monoisotopic (exact) mass is 488 g/mol. The Balaban J connectivity index is 2.02. The number of rotatable bonds is 3. The van der Waals surface area contributed by atoms with Crippen LogP contribution in [0.3, 0.4) is 0 Å². The van der Waals surface area contributed by atoms with Gasteiger partial charge >= 0.3 is 6.36 Å². The maximum Gasteiger partial charge on any atom is 0.573 e. The number of ether oxygens (including phenoxy) is 2. The second-order valence-electron chi connectivity index (χ2n) is 10.00. The standard InChI is InChI=1S/C26H27F3N2O4/c1-15(32)19-14-30-21(13-22(19)33)18-12-23(35-26(27,28)29)16(7-10-25(4,5)34-6)11-17(18)20-8-9-24(2,3)31(20)30/h11-14,20H,8-9H2,1-6H3/t20-/m1/s1. The van der Waals surface area contributed by atoms with Gasteiger partial charge in [0.05, 0.1) is 28.4 Å². The number of pyridine rings is 1. The Labute approximate surface area is 201 Å². The molecule has 0 spiro atoms. The van der Waals surface area contributed by atoms with Crippen LogP contribution in [0.4, 0.5) is 13.2 Å². The lowest BCUT2D eigenvalue weighted by Gasteiger charge is -2.44. The van der Waals surface area contributed by atoms with Crippen LogP contribution in [-0.4, -0.2) is 35.1 Å². The van der Waals surface area contributed by atoms with E-state index in [2.05, 4.69) is 35.4 Å². The average Bonchev–Trinajstić information content (AvgIpc) is 3.06. The van der Waals surface area contributed by atoms with E-state index in [1.165, 1.54) is 32.4 Å². The number of nitrogens with zero attached hydrogens (tertiary/aromatic N) is 2. The minimum Gasteiger partial charge on any atom is -0.404 e. The molecule has 35 heavy (non-hydrogen) atoms. The van der Waals surface area contributed by atoms with Gasteiger partial charge in [-0.3, -0.25) is 19.3 Å². The Bertz CT molecular complexity index is 1330. The first-order valence-corrected chi connectivity index (χ1v) is 11.2. The van der Waals surface area contributed by atoms with Crippen molar-refractivity contribution in [2.45, 2.75) is 71.0 Å². The van der Waals surface area contributed by atoms with Crippen molar-refractivity contribution >= 4 is 5.78 Å². The van der Waals surface area contributed by atoms with Gasteiger partial charge in [0.15, 0.2) is 11.2 Å². The Hall–Kier alpha value is -3.25. The molecule has 0 radical (unpaired) electrons.